The fourth-order valence-corrected chi connectivity index (χ4v) is 1.72. The average Bonchev–Trinajstić information content (AvgIpc) is 2.01. The molecule has 1 nitrogen and oxygen atoms in total. The van der Waals surface area contributed by atoms with E-state index in [-0.39, 0.29) is 5.54 Å². The normalized spacial score (nSPS) is 12.1. The zero-order chi connectivity index (χ0) is 10.8. The largest absolute Gasteiger partial charge is 0.198 e. The highest BCUT2D eigenvalue weighted by Crippen LogP contribution is 2.09. The van der Waals surface area contributed by atoms with E-state index in [4.69, 9.17) is 0 Å². The molecule has 0 spiro atoms. The first kappa shape index (κ1) is 11.2. The molecule has 0 bridgehead atoms. The van der Waals surface area contributed by atoms with E-state index in [1.54, 1.807) is 0 Å². The Morgan fingerprint density at radius 1 is 1.21 bits per heavy atom. The second-order valence-corrected chi connectivity index (χ2v) is 5.33. The molecule has 1 rings (SSSR count). The molecule has 0 aromatic carbocycles. The molecule has 0 aliphatic heterocycles. The van der Waals surface area contributed by atoms with Crippen LogP contribution in [0.15, 0.2) is 24.4 Å². The summed E-state index contributed by atoms with van der Waals surface area (Å²) in [4.78, 5) is 0. The van der Waals surface area contributed by atoms with Gasteiger partial charge in [0.2, 0.25) is 0 Å². The number of rotatable bonds is 2. The molecule has 1 heterocycles. The molecule has 1 aromatic heterocycles. The van der Waals surface area contributed by atoms with E-state index >= 15 is 0 Å². The van der Waals surface area contributed by atoms with Gasteiger partial charge in [0.15, 0.2) is 17.4 Å². The second-order valence-electron chi connectivity index (χ2n) is 5.33. The highest BCUT2D eigenvalue weighted by atomic mass is 15.0. The van der Waals surface area contributed by atoms with Gasteiger partial charge in [-0.25, -0.2) is 0 Å². The molecular formula is C13H22N+. The highest BCUT2D eigenvalue weighted by Gasteiger charge is 2.24. The van der Waals surface area contributed by atoms with Crippen LogP contribution in [-0.4, -0.2) is 0 Å². The summed E-state index contributed by atoms with van der Waals surface area (Å²) < 4.78 is 2.37. The molecule has 78 valence electrons. The van der Waals surface area contributed by atoms with Crippen LogP contribution in [0.1, 0.15) is 40.3 Å². The van der Waals surface area contributed by atoms with Crippen LogP contribution in [0.25, 0.3) is 0 Å². The van der Waals surface area contributed by atoms with E-state index in [1.807, 2.05) is 0 Å². The zero-order valence-electron chi connectivity index (χ0n) is 10.0. The third kappa shape index (κ3) is 2.83. The van der Waals surface area contributed by atoms with Gasteiger partial charge in [-0.2, -0.15) is 4.57 Å². The fourth-order valence-electron chi connectivity index (χ4n) is 1.72. The van der Waals surface area contributed by atoms with Crippen molar-refractivity contribution in [3.05, 3.63) is 30.1 Å². The summed E-state index contributed by atoms with van der Waals surface area (Å²) in [5.41, 5.74) is 1.61. The standard InChI is InChI=1S/C13H22N/c1-11(2)10-12-8-6-7-9-14(12)13(3,4)5/h6-9,11H,10H2,1-5H3/q+1. The van der Waals surface area contributed by atoms with E-state index in [2.05, 4.69) is 63.6 Å². The first-order valence-corrected chi connectivity index (χ1v) is 5.41. The monoisotopic (exact) mass is 192 g/mol. The molecule has 1 aromatic rings. The molecule has 0 radical (unpaired) electrons. The molecule has 14 heavy (non-hydrogen) atoms. The zero-order valence-corrected chi connectivity index (χ0v) is 10.0. The number of aromatic nitrogens is 1. The van der Waals surface area contributed by atoms with E-state index in [0.717, 1.165) is 6.42 Å². The van der Waals surface area contributed by atoms with Gasteiger partial charge in [0.05, 0.1) is 0 Å². The van der Waals surface area contributed by atoms with Crippen molar-refractivity contribution in [2.75, 3.05) is 0 Å². The molecule has 0 N–H and O–H groups in total. The maximum atomic E-state index is 2.37. The Labute approximate surface area is 87.8 Å². The van der Waals surface area contributed by atoms with E-state index in [9.17, 15) is 0 Å². The van der Waals surface area contributed by atoms with Gasteiger partial charge in [0, 0.05) is 39.3 Å². The first-order chi connectivity index (χ1) is 6.41. The van der Waals surface area contributed by atoms with Crippen molar-refractivity contribution in [3.8, 4) is 0 Å². The summed E-state index contributed by atoms with van der Waals surface area (Å²) in [6, 6.07) is 6.46. The second kappa shape index (κ2) is 4.12. The van der Waals surface area contributed by atoms with Gasteiger partial charge in [-0.15, -0.1) is 0 Å². The SMILES string of the molecule is CC(C)Cc1cccc[n+]1C(C)(C)C. The Kier molecular flexibility index (Phi) is 3.30. The van der Waals surface area contributed by atoms with Crippen LogP contribution >= 0.6 is 0 Å². The maximum absolute atomic E-state index is 2.37. The predicted molar refractivity (Wildman–Crippen MR) is 60.2 cm³/mol. The molecule has 0 amide bonds. The number of hydrogen-bond donors (Lipinski definition) is 0. The van der Waals surface area contributed by atoms with Gasteiger partial charge in [-0.1, -0.05) is 19.9 Å². The molecule has 0 saturated heterocycles. The quantitative estimate of drug-likeness (QED) is 0.634. The molecule has 0 saturated carbocycles. The van der Waals surface area contributed by atoms with Crippen molar-refractivity contribution >= 4 is 0 Å². The lowest BCUT2D eigenvalue weighted by Gasteiger charge is -2.17. The highest BCUT2D eigenvalue weighted by molar-refractivity contribution is 4.98. The Morgan fingerprint density at radius 2 is 1.86 bits per heavy atom. The summed E-state index contributed by atoms with van der Waals surface area (Å²) in [5, 5.41) is 0. The van der Waals surface area contributed by atoms with E-state index < -0.39 is 0 Å². The third-order valence-electron chi connectivity index (χ3n) is 2.28. The molecule has 0 unspecified atom stereocenters. The van der Waals surface area contributed by atoms with Crippen LogP contribution < -0.4 is 4.57 Å². The minimum Gasteiger partial charge on any atom is -0.198 e. The van der Waals surface area contributed by atoms with Crippen LogP contribution in [0.5, 0.6) is 0 Å². The first-order valence-electron chi connectivity index (χ1n) is 5.41. The van der Waals surface area contributed by atoms with Crippen LogP contribution in [-0.2, 0) is 12.0 Å². The smallest absolute Gasteiger partial charge is 0.182 e. The Balaban J connectivity index is 3.04. The topological polar surface area (TPSA) is 3.88 Å². The molecule has 0 aliphatic carbocycles. The molecule has 1 heteroatoms. The van der Waals surface area contributed by atoms with E-state index in [0.29, 0.717) is 5.92 Å². The molecular weight excluding hydrogens is 170 g/mol. The molecule has 0 atom stereocenters. The summed E-state index contributed by atoms with van der Waals surface area (Å²) in [7, 11) is 0. The van der Waals surface area contributed by atoms with Gasteiger partial charge in [-0.3, -0.25) is 0 Å². The van der Waals surface area contributed by atoms with E-state index in [1.165, 1.54) is 5.69 Å². The number of nitrogens with zero attached hydrogens (tertiary/aromatic N) is 1. The number of hydrogen-bond acceptors (Lipinski definition) is 0. The molecule has 0 aliphatic rings. The van der Waals surface area contributed by atoms with Crippen LogP contribution in [0.2, 0.25) is 0 Å². The average molecular weight is 192 g/mol. The van der Waals surface area contributed by atoms with Gasteiger partial charge in [-0.05, 0) is 5.92 Å². The minimum absolute atomic E-state index is 0.186. The summed E-state index contributed by atoms with van der Waals surface area (Å²) in [6.07, 6.45) is 3.33. The third-order valence-corrected chi connectivity index (χ3v) is 2.28. The lowest BCUT2D eigenvalue weighted by Crippen LogP contribution is -2.53. The summed E-state index contributed by atoms with van der Waals surface area (Å²) >= 11 is 0. The van der Waals surface area contributed by atoms with Crippen molar-refractivity contribution in [1.82, 2.24) is 0 Å². The lowest BCUT2D eigenvalue weighted by molar-refractivity contribution is -0.760. The van der Waals surface area contributed by atoms with Crippen molar-refractivity contribution in [1.29, 1.82) is 0 Å². The van der Waals surface area contributed by atoms with Gasteiger partial charge in [0.1, 0.15) is 0 Å². The summed E-state index contributed by atoms with van der Waals surface area (Å²) in [6.45, 7) is 11.3. The van der Waals surface area contributed by atoms with Gasteiger partial charge in [0.25, 0.3) is 0 Å². The predicted octanol–water partition coefficient (Wildman–Crippen LogP) is 2.93. The van der Waals surface area contributed by atoms with Gasteiger partial charge >= 0.3 is 0 Å². The Morgan fingerprint density at radius 3 is 2.36 bits per heavy atom. The van der Waals surface area contributed by atoms with Crippen molar-refractivity contribution in [2.24, 2.45) is 5.92 Å². The Hall–Kier alpha value is -0.850. The van der Waals surface area contributed by atoms with Crippen LogP contribution in [0.4, 0.5) is 0 Å². The number of pyridine rings is 1. The summed E-state index contributed by atoms with van der Waals surface area (Å²) in [5.74, 6) is 0.714. The Bertz CT molecular complexity index is 294. The van der Waals surface area contributed by atoms with Crippen molar-refractivity contribution < 1.29 is 4.57 Å². The van der Waals surface area contributed by atoms with Crippen molar-refractivity contribution in [3.63, 3.8) is 0 Å². The molecule has 0 fully saturated rings. The maximum Gasteiger partial charge on any atom is 0.182 e. The van der Waals surface area contributed by atoms with Gasteiger partial charge < -0.3 is 0 Å². The van der Waals surface area contributed by atoms with Crippen molar-refractivity contribution in [2.45, 2.75) is 46.6 Å². The van der Waals surface area contributed by atoms with Crippen LogP contribution in [0, 0.1) is 5.92 Å². The fraction of sp³-hybridized carbons (Fsp3) is 0.615. The lowest BCUT2D eigenvalue weighted by atomic mass is 10.0. The van der Waals surface area contributed by atoms with Crippen LogP contribution in [0.3, 0.4) is 0 Å². The minimum atomic E-state index is 0.186.